The number of rotatable bonds is 2. The molecule has 1 unspecified atom stereocenters. The van der Waals surface area contributed by atoms with Crippen molar-refractivity contribution >= 4 is 0 Å². The average Bonchev–Trinajstić information content (AvgIpc) is 2.47. The fourth-order valence-corrected chi connectivity index (χ4v) is 2.30. The van der Waals surface area contributed by atoms with E-state index in [0.29, 0.717) is 18.1 Å². The van der Waals surface area contributed by atoms with Crippen molar-refractivity contribution in [2.24, 2.45) is 0 Å². The van der Waals surface area contributed by atoms with Gasteiger partial charge in [-0.3, -0.25) is 0 Å². The highest BCUT2D eigenvalue weighted by atomic mass is 16.6. The normalized spacial score (nSPS) is 20.5. The van der Waals surface area contributed by atoms with Crippen molar-refractivity contribution in [3.8, 4) is 23.0 Å². The minimum Gasteiger partial charge on any atom is -0.504 e. The Kier molecular flexibility index (Phi) is 2.93. The molecule has 1 atom stereocenters. The molecule has 104 valence electrons. The highest BCUT2D eigenvalue weighted by Crippen LogP contribution is 2.41. The van der Waals surface area contributed by atoms with Crippen molar-refractivity contribution in [2.45, 2.75) is 12.5 Å². The van der Waals surface area contributed by atoms with E-state index in [1.165, 1.54) is 7.11 Å². The molecule has 0 saturated carbocycles. The predicted octanol–water partition coefficient (Wildman–Crippen LogP) is 3.09. The van der Waals surface area contributed by atoms with Crippen LogP contribution < -0.4 is 14.2 Å². The number of phenols is 1. The molecule has 3 rings (SSSR count). The van der Waals surface area contributed by atoms with E-state index in [1.807, 2.05) is 37.3 Å². The van der Waals surface area contributed by atoms with Gasteiger partial charge >= 0.3 is 0 Å². The van der Waals surface area contributed by atoms with Gasteiger partial charge in [0.15, 0.2) is 28.6 Å². The Balaban J connectivity index is 1.96. The number of phenolic OH excluding ortho intramolecular Hbond substituents is 1. The van der Waals surface area contributed by atoms with Crippen LogP contribution in [0.25, 0.3) is 0 Å². The van der Waals surface area contributed by atoms with Crippen LogP contribution >= 0.6 is 0 Å². The minimum absolute atomic E-state index is 0.0914. The number of hydrogen-bond acceptors (Lipinski definition) is 4. The molecular weight excluding hydrogens is 256 g/mol. The van der Waals surface area contributed by atoms with E-state index in [2.05, 4.69) is 0 Å². The Labute approximate surface area is 117 Å². The van der Waals surface area contributed by atoms with Gasteiger partial charge in [0.2, 0.25) is 0 Å². The number of fused-ring (bicyclic) bond motifs is 1. The van der Waals surface area contributed by atoms with Gasteiger partial charge in [0.05, 0.1) is 7.11 Å². The molecule has 1 aliphatic rings. The number of para-hydroxylation sites is 2. The number of aromatic hydroxyl groups is 1. The summed E-state index contributed by atoms with van der Waals surface area (Å²) < 4.78 is 16.9. The molecule has 2 aromatic rings. The maximum absolute atomic E-state index is 9.91. The van der Waals surface area contributed by atoms with Crippen molar-refractivity contribution < 1.29 is 19.3 Å². The summed E-state index contributed by atoms with van der Waals surface area (Å²) in [5.41, 5.74) is 0.197. The molecule has 1 N–H and O–H groups in total. The molecule has 0 radical (unpaired) electrons. The molecule has 0 bridgehead atoms. The topological polar surface area (TPSA) is 47.9 Å². The van der Waals surface area contributed by atoms with E-state index in [9.17, 15) is 5.11 Å². The van der Waals surface area contributed by atoms with Crippen LogP contribution in [-0.4, -0.2) is 18.8 Å². The molecule has 20 heavy (non-hydrogen) atoms. The van der Waals surface area contributed by atoms with Gasteiger partial charge in [0.25, 0.3) is 0 Å². The first-order valence-electron chi connectivity index (χ1n) is 6.41. The van der Waals surface area contributed by atoms with Gasteiger partial charge in [-0.1, -0.05) is 18.2 Å². The molecule has 1 aliphatic heterocycles. The first kappa shape index (κ1) is 12.7. The number of benzene rings is 2. The number of methoxy groups -OCH3 is 1. The lowest BCUT2D eigenvalue weighted by Crippen LogP contribution is -2.39. The van der Waals surface area contributed by atoms with Crippen LogP contribution in [0.2, 0.25) is 0 Å². The summed E-state index contributed by atoms with van der Waals surface area (Å²) in [7, 11) is 1.52. The lowest BCUT2D eigenvalue weighted by atomic mass is 9.95. The third kappa shape index (κ3) is 2.03. The van der Waals surface area contributed by atoms with Gasteiger partial charge in [0, 0.05) is 5.56 Å². The third-order valence-corrected chi connectivity index (χ3v) is 3.48. The van der Waals surface area contributed by atoms with Gasteiger partial charge < -0.3 is 19.3 Å². The van der Waals surface area contributed by atoms with Gasteiger partial charge in [-0.25, -0.2) is 0 Å². The summed E-state index contributed by atoms with van der Waals surface area (Å²) in [6, 6.07) is 12.8. The van der Waals surface area contributed by atoms with Crippen molar-refractivity contribution in [2.75, 3.05) is 13.7 Å². The quantitative estimate of drug-likeness (QED) is 0.912. The molecule has 0 spiro atoms. The summed E-state index contributed by atoms with van der Waals surface area (Å²) in [6.45, 7) is 2.32. The van der Waals surface area contributed by atoms with Crippen molar-refractivity contribution in [3.05, 3.63) is 48.0 Å². The second-order valence-corrected chi connectivity index (χ2v) is 4.95. The first-order valence-corrected chi connectivity index (χ1v) is 6.41. The maximum atomic E-state index is 9.91. The molecule has 0 fully saturated rings. The molecular formula is C16H16O4. The van der Waals surface area contributed by atoms with Crippen LogP contribution in [0.4, 0.5) is 0 Å². The summed E-state index contributed by atoms with van der Waals surface area (Å²) in [5, 5.41) is 9.91. The number of hydrogen-bond donors (Lipinski definition) is 1. The SMILES string of the molecule is COc1ccc(C2(C)COc3ccccc3O2)cc1O. The minimum atomic E-state index is -0.641. The Morgan fingerprint density at radius 2 is 1.90 bits per heavy atom. The zero-order valence-corrected chi connectivity index (χ0v) is 11.4. The molecule has 1 heterocycles. The Morgan fingerprint density at radius 3 is 2.60 bits per heavy atom. The monoisotopic (exact) mass is 272 g/mol. The Hall–Kier alpha value is -2.36. The smallest absolute Gasteiger partial charge is 0.165 e. The lowest BCUT2D eigenvalue weighted by Gasteiger charge is -2.36. The molecule has 0 aromatic heterocycles. The number of ether oxygens (including phenoxy) is 3. The second-order valence-electron chi connectivity index (χ2n) is 4.95. The zero-order valence-electron chi connectivity index (χ0n) is 11.4. The van der Waals surface area contributed by atoms with Crippen molar-refractivity contribution in [3.63, 3.8) is 0 Å². The lowest BCUT2D eigenvalue weighted by molar-refractivity contribution is 0.00231. The van der Waals surface area contributed by atoms with Crippen LogP contribution in [-0.2, 0) is 5.60 Å². The van der Waals surface area contributed by atoms with E-state index in [0.717, 1.165) is 11.3 Å². The van der Waals surface area contributed by atoms with Crippen molar-refractivity contribution in [1.82, 2.24) is 0 Å². The van der Waals surface area contributed by atoms with Crippen LogP contribution in [0.15, 0.2) is 42.5 Å². The zero-order chi connectivity index (χ0) is 14.2. The van der Waals surface area contributed by atoms with E-state index in [-0.39, 0.29) is 5.75 Å². The largest absolute Gasteiger partial charge is 0.504 e. The summed E-state index contributed by atoms with van der Waals surface area (Å²) in [5.74, 6) is 1.97. The van der Waals surface area contributed by atoms with Crippen LogP contribution in [0, 0.1) is 0 Å². The Bertz CT molecular complexity index is 638. The van der Waals surface area contributed by atoms with E-state index < -0.39 is 5.60 Å². The van der Waals surface area contributed by atoms with E-state index in [1.54, 1.807) is 12.1 Å². The molecule has 4 nitrogen and oxygen atoms in total. The highest BCUT2D eigenvalue weighted by Gasteiger charge is 2.35. The van der Waals surface area contributed by atoms with E-state index >= 15 is 0 Å². The van der Waals surface area contributed by atoms with Gasteiger partial charge in [0.1, 0.15) is 6.61 Å². The summed E-state index contributed by atoms with van der Waals surface area (Å²) in [4.78, 5) is 0. The average molecular weight is 272 g/mol. The van der Waals surface area contributed by atoms with Crippen molar-refractivity contribution in [1.29, 1.82) is 0 Å². The first-order chi connectivity index (χ1) is 9.62. The molecule has 0 saturated heterocycles. The summed E-state index contributed by atoms with van der Waals surface area (Å²) >= 11 is 0. The standard InChI is InChI=1S/C16H16O4/c1-16(11-7-8-13(18-2)12(17)9-11)10-19-14-5-3-4-6-15(14)20-16/h3-9,17H,10H2,1-2H3. The predicted molar refractivity (Wildman–Crippen MR) is 74.6 cm³/mol. The fourth-order valence-electron chi connectivity index (χ4n) is 2.30. The summed E-state index contributed by atoms with van der Waals surface area (Å²) in [6.07, 6.45) is 0. The van der Waals surface area contributed by atoms with Gasteiger partial charge in [-0.05, 0) is 31.2 Å². The molecule has 0 amide bonds. The van der Waals surface area contributed by atoms with Crippen LogP contribution in [0.5, 0.6) is 23.0 Å². The maximum Gasteiger partial charge on any atom is 0.165 e. The molecule has 4 heteroatoms. The van der Waals surface area contributed by atoms with Crippen LogP contribution in [0.3, 0.4) is 0 Å². The van der Waals surface area contributed by atoms with E-state index in [4.69, 9.17) is 14.2 Å². The Morgan fingerprint density at radius 1 is 1.15 bits per heavy atom. The second kappa shape index (κ2) is 4.63. The molecule has 0 aliphatic carbocycles. The van der Waals surface area contributed by atoms with Crippen LogP contribution in [0.1, 0.15) is 12.5 Å². The fraction of sp³-hybridized carbons (Fsp3) is 0.250. The third-order valence-electron chi connectivity index (χ3n) is 3.48. The van der Waals surface area contributed by atoms with Gasteiger partial charge in [-0.2, -0.15) is 0 Å². The molecule has 2 aromatic carbocycles. The highest BCUT2D eigenvalue weighted by molar-refractivity contribution is 5.46. The van der Waals surface area contributed by atoms with Gasteiger partial charge in [-0.15, -0.1) is 0 Å².